The van der Waals surface area contributed by atoms with Crippen LogP contribution in [0.3, 0.4) is 0 Å². The molecule has 0 aromatic carbocycles. The van der Waals surface area contributed by atoms with E-state index in [4.69, 9.17) is 5.26 Å². The molecule has 0 rings (SSSR count). The van der Waals surface area contributed by atoms with Crippen LogP contribution >= 0.6 is 0 Å². The lowest BCUT2D eigenvalue weighted by atomic mass is 9.84. The summed E-state index contributed by atoms with van der Waals surface area (Å²) in [4.78, 5) is 0. The van der Waals surface area contributed by atoms with Gasteiger partial charge in [-0.05, 0) is 17.8 Å². The van der Waals surface area contributed by atoms with Gasteiger partial charge in [-0.3, -0.25) is 0 Å². The van der Waals surface area contributed by atoms with E-state index in [1.807, 2.05) is 0 Å². The van der Waals surface area contributed by atoms with Gasteiger partial charge < -0.3 is 0 Å². The van der Waals surface area contributed by atoms with E-state index in [2.05, 4.69) is 33.8 Å². The fourth-order valence-corrected chi connectivity index (χ4v) is 1.27. The van der Waals surface area contributed by atoms with E-state index in [0.29, 0.717) is 17.8 Å². The van der Waals surface area contributed by atoms with Crippen LogP contribution in [0.5, 0.6) is 0 Å². The Morgan fingerprint density at radius 1 is 1.40 bits per heavy atom. The van der Waals surface area contributed by atoms with E-state index in [1.165, 1.54) is 0 Å². The van der Waals surface area contributed by atoms with Crippen LogP contribution in [0.4, 0.5) is 0 Å². The Hall–Kier alpha value is -0.510. The van der Waals surface area contributed by atoms with Gasteiger partial charge in [-0.25, -0.2) is 0 Å². The summed E-state index contributed by atoms with van der Waals surface area (Å²) in [6.07, 6.45) is 1.83. The first kappa shape index (κ1) is 9.49. The largest absolute Gasteiger partial charge is 0.198 e. The fraction of sp³-hybridized carbons (Fsp3) is 0.889. The molecular formula is C9H17N. The molecule has 0 aromatic rings. The highest BCUT2D eigenvalue weighted by Crippen LogP contribution is 2.25. The third kappa shape index (κ3) is 5.62. The highest BCUT2D eigenvalue weighted by atomic mass is 14.3. The SMILES string of the molecule is CC(CC#N)CC(C)(C)C. The molecule has 0 amide bonds. The van der Waals surface area contributed by atoms with Crippen molar-refractivity contribution in [2.45, 2.75) is 40.5 Å². The molecule has 0 aliphatic rings. The summed E-state index contributed by atoms with van der Waals surface area (Å²) in [6, 6.07) is 2.19. The minimum Gasteiger partial charge on any atom is -0.198 e. The molecule has 1 unspecified atom stereocenters. The molecule has 1 atom stereocenters. The van der Waals surface area contributed by atoms with Crippen molar-refractivity contribution in [2.24, 2.45) is 11.3 Å². The zero-order valence-electron chi connectivity index (χ0n) is 7.44. The predicted octanol–water partition coefficient (Wildman–Crippen LogP) is 2.97. The number of hydrogen-bond acceptors (Lipinski definition) is 1. The first-order valence-electron chi connectivity index (χ1n) is 3.82. The fourth-order valence-electron chi connectivity index (χ4n) is 1.27. The van der Waals surface area contributed by atoms with Crippen molar-refractivity contribution in [3.8, 4) is 6.07 Å². The van der Waals surface area contributed by atoms with Crippen molar-refractivity contribution in [3.63, 3.8) is 0 Å². The quantitative estimate of drug-likeness (QED) is 0.577. The van der Waals surface area contributed by atoms with Gasteiger partial charge in [0.1, 0.15) is 0 Å². The van der Waals surface area contributed by atoms with Gasteiger partial charge in [-0.15, -0.1) is 0 Å². The maximum Gasteiger partial charge on any atom is 0.0624 e. The van der Waals surface area contributed by atoms with Crippen molar-refractivity contribution in [3.05, 3.63) is 0 Å². The highest BCUT2D eigenvalue weighted by Gasteiger charge is 2.14. The van der Waals surface area contributed by atoms with Crippen molar-refractivity contribution in [1.82, 2.24) is 0 Å². The van der Waals surface area contributed by atoms with E-state index in [-0.39, 0.29) is 0 Å². The summed E-state index contributed by atoms with van der Waals surface area (Å²) >= 11 is 0. The Balaban J connectivity index is 3.60. The molecule has 0 bridgehead atoms. The molecular weight excluding hydrogens is 122 g/mol. The molecule has 0 aromatic heterocycles. The van der Waals surface area contributed by atoms with E-state index in [1.54, 1.807) is 0 Å². The predicted molar refractivity (Wildman–Crippen MR) is 43.5 cm³/mol. The Kier molecular flexibility index (Phi) is 3.42. The summed E-state index contributed by atoms with van der Waals surface area (Å²) in [7, 11) is 0. The smallest absolute Gasteiger partial charge is 0.0624 e. The zero-order valence-corrected chi connectivity index (χ0v) is 7.44. The summed E-state index contributed by atoms with van der Waals surface area (Å²) in [6.45, 7) is 8.76. The molecule has 0 saturated heterocycles. The van der Waals surface area contributed by atoms with Crippen LogP contribution < -0.4 is 0 Å². The maximum absolute atomic E-state index is 8.38. The lowest BCUT2D eigenvalue weighted by molar-refractivity contribution is 0.310. The second-order valence-corrected chi connectivity index (χ2v) is 4.23. The average molecular weight is 139 g/mol. The van der Waals surface area contributed by atoms with E-state index in [9.17, 15) is 0 Å². The summed E-state index contributed by atoms with van der Waals surface area (Å²) < 4.78 is 0. The van der Waals surface area contributed by atoms with E-state index >= 15 is 0 Å². The Morgan fingerprint density at radius 3 is 2.20 bits per heavy atom. The van der Waals surface area contributed by atoms with Crippen molar-refractivity contribution >= 4 is 0 Å². The summed E-state index contributed by atoms with van der Waals surface area (Å²) in [5.41, 5.74) is 0.371. The zero-order chi connectivity index (χ0) is 8.20. The Morgan fingerprint density at radius 2 is 1.90 bits per heavy atom. The standard InChI is InChI=1S/C9H17N/c1-8(5-6-10)7-9(2,3)4/h8H,5,7H2,1-4H3. The van der Waals surface area contributed by atoms with E-state index < -0.39 is 0 Å². The van der Waals surface area contributed by atoms with Gasteiger partial charge in [0.2, 0.25) is 0 Å². The minimum atomic E-state index is 0.371. The molecule has 0 spiro atoms. The third-order valence-electron chi connectivity index (χ3n) is 1.40. The lowest BCUT2D eigenvalue weighted by Crippen LogP contribution is -2.10. The molecule has 0 aliphatic heterocycles. The number of hydrogen-bond donors (Lipinski definition) is 0. The minimum absolute atomic E-state index is 0.371. The third-order valence-corrected chi connectivity index (χ3v) is 1.40. The number of rotatable bonds is 2. The summed E-state index contributed by atoms with van der Waals surface area (Å²) in [5, 5.41) is 8.38. The monoisotopic (exact) mass is 139 g/mol. The average Bonchev–Trinajstić information content (AvgIpc) is 1.59. The molecule has 58 valence electrons. The van der Waals surface area contributed by atoms with Crippen LogP contribution in [-0.4, -0.2) is 0 Å². The molecule has 10 heavy (non-hydrogen) atoms. The van der Waals surface area contributed by atoms with Gasteiger partial charge in [0.25, 0.3) is 0 Å². The lowest BCUT2D eigenvalue weighted by Gasteiger charge is -2.21. The molecule has 1 nitrogen and oxygen atoms in total. The van der Waals surface area contributed by atoms with Crippen LogP contribution in [0.15, 0.2) is 0 Å². The van der Waals surface area contributed by atoms with Crippen LogP contribution in [-0.2, 0) is 0 Å². The van der Waals surface area contributed by atoms with Crippen LogP contribution in [0.25, 0.3) is 0 Å². The van der Waals surface area contributed by atoms with Gasteiger partial charge in [0, 0.05) is 6.42 Å². The maximum atomic E-state index is 8.38. The molecule has 0 radical (unpaired) electrons. The van der Waals surface area contributed by atoms with Gasteiger partial charge in [-0.1, -0.05) is 27.7 Å². The number of nitriles is 1. The van der Waals surface area contributed by atoms with E-state index in [0.717, 1.165) is 6.42 Å². The summed E-state index contributed by atoms with van der Waals surface area (Å²) in [5.74, 6) is 0.546. The second-order valence-electron chi connectivity index (χ2n) is 4.23. The van der Waals surface area contributed by atoms with Crippen LogP contribution in [0, 0.1) is 22.7 Å². The molecule has 0 aliphatic carbocycles. The molecule has 0 saturated carbocycles. The highest BCUT2D eigenvalue weighted by molar-refractivity contribution is 4.76. The number of nitrogens with zero attached hydrogens (tertiary/aromatic N) is 1. The molecule has 0 fully saturated rings. The second kappa shape index (κ2) is 3.61. The first-order chi connectivity index (χ1) is 4.45. The normalized spacial score (nSPS) is 14.3. The Labute approximate surface area is 64.1 Å². The topological polar surface area (TPSA) is 23.8 Å². The van der Waals surface area contributed by atoms with Crippen molar-refractivity contribution in [2.75, 3.05) is 0 Å². The van der Waals surface area contributed by atoms with Gasteiger partial charge >= 0.3 is 0 Å². The van der Waals surface area contributed by atoms with Gasteiger partial charge in [-0.2, -0.15) is 5.26 Å². The van der Waals surface area contributed by atoms with Crippen molar-refractivity contribution < 1.29 is 0 Å². The van der Waals surface area contributed by atoms with Gasteiger partial charge in [0.15, 0.2) is 0 Å². The van der Waals surface area contributed by atoms with Crippen LogP contribution in [0.1, 0.15) is 40.5 Å². The molecule has 0 heterocycles. The molecule has 1 heteroatoms. The molecule has 0 N–H and O–H groups in total. The van der Waals surface area contributed by atoms with Crippen LogP contribution in [0.2, 0.25) is 0 Å². The van der Waals surface area contributed by atoms with Gasteiger partial charge in [0.05, 0.1) is 6.07 Å². The first-order valence-corrected chi connectivity index (χ1v) is 3.82. The Bertz CT molecular complexity index is 125. The van der Waals surface area contributed by atoms with Crippen molar-refractivity contribution in [1.29, 1.82) is 5.26 Å².